The fourth-order valence-electron chi connectivity index (χ4n) is 2.63. The normalized spacial score (nSPS) is 21.1. The van der Waals surface area contributed by atoms with Crippen LogP contribution < -0.4 is 0 Å². The van der Waals surface area contributed by atoms with Crippen molar-refractivity contribution in [3.63, 3.8) is 0 Å². The van der Waals surface area contributed by atoms with Gasteiger partial charge in [-0.15, -0.1) is 18.2 Å². The van der Waals surface area contributed by atoms with Crippen LogP contribution in [-0.4, -0.2) is 54.9 Å². The van der Waals surface area contributed by atoms with Crippen molar-refractivity contribution in [2.75, 3.05) is 32.2 Å². The smallest absolute Gasteiger partial charge is 0.321 e. The van der Waals surface area contributed by atoms with Crippen LogP contribution in [0.3, 0.4) is 0 Å². The number of nitrogens with zero attached hydrogens (tertiary/aromatic N) is 1. The lowest BCUT2D eigenvalue weighted by Gasteiger charge is -2.22. The number of esters is 2. The van der Waals surface area contributed by atoms with E-state index in [1.807, 2.05) is 0 Å². The van der Waals surface area contributed by atoms with Crippen LogP contribution in [0.4, 0.5) is 0 Å². The molecule has 1 rings (SSSR count). The number of rotatable bonds is 8. The fourth-order valence-corrected chi connectivity index (χ4v) is 2.92. The molecule has 0 radical (unpaired) electrons. The summed E-state index contributed by atoms with van der Waals surface area (Å²) in [6.07, 6.45) is 1.59. The third kappa shape index (κ3) is 4.00. The van der Waals surface area contributed by atoms with Crippen molar-refractivity contribution in [1.29, 1.82) is 0 Å². The van der Waals surface area contributed by atoms with Gasteiger partial charge in [0.25, 0.3) is 0 Å². The number of hydrogen-bond acceptors (Lipinski definition) is 5. The Labute approximate surface area is 135 Å². The van der Waals surface area contributed by atoms with Crippen LogP contribution in [0.5, 0.6) is 0 Å². The molecular formula is C15H22ClNO5. The topological polar surface area (TPSA) is 72.9 Å². The quantitative estimate of drug-likeness (QED) is 0.289. The van der Waals surface area contributed by atoms with Crippen LogP contribution in [-0.2, 0) is 23.9 Å². The van der Waals surface area contributed by atoms with Crippen LogP contribution in [0.1, 0.15) is 13.8 Å². The minimum atomic E-state index is -1.27. The van der Waals surface area contributed by atoms with Gasteiger partial charge in [-0.25, -0.2) is 0 Å². The Balaban J connectivity index is 3.09. The van der Waals surface area contributed by atoms with Crippen LogP contribution in [0.2, 0.25) is 0 Å². The van der Waals surface area contributed by atoms with Crippen LogP contribution in [0.25, 0.3) is 0 Å². The van der Waals surface area contributed by atoms with Gasteiger partial charge in [0.2, 0.25) is 5.91 Å². The number of carbonyl (C=O) groups is 3. The van der Waals surface area contributed by atoms with Crippen molar-refractivity contribution < 1.29 is 23.9 Å². The Morgan fingerprint density at radius 2 is 1.91 bits per heavy atom. The van der Waals surface area contributed by atoms with Gasteiger partial charge >= 0.3 is 11.9 Å². The summed E-state index contributed by atoms with van der Waals surface area (Å²) < 4.78 is 9.89. The second-order valence-corrected chi connectivity index (χ2v) is 5.26. The molecule has 1 aliphatic rings. The molecule has 1 amide bonds. The highest BCUT2D eigenvalue weighted by atomic mass is 35.5. The lowest BCUT2D eigenvalue weighted by molar-refractivity contribution is -0.167. The molecule has 1 heterocycles. The highest BCUT2D eigenvalue weighted by Crippen LogP contribution is 2.33. The largest absolute Gasteiger partial charge is 0.465 e. The van der Waals surface area contributed by atoms with Gasteiger partial charge in [0, 0.05) is 24.9 Å². The zero-order valence-corrected chi connectivity index (χ0v) is 13.7. The minimum absolute atomic E-state index is 0.123. The van der Waals surface area contributed by atoms with Crippen molar-refractivity contribution in [3.05, 3.63) is 12.7 Å². The van der Waals surface area contributed by atoms with E-state index in [2.05, 4.69) is 6.58 Å². The highest BCUT2D eigenvalue weighted by molar-refractivity contribution is 6.18. The summed E-state index contributed by atoms with van der Waals surface area (Å²) in [7, 11) is 0. The van der Waals surface area contributed by atoms with Crippen molar-refractivity contribution >= 4 is 29.4 Å². The molecule has 0 aliphatic carbocycles. The van der Waals surface area contributed by atoms with E-state index in [0.29, 0.717) is 13.1 Å². The van der Waals surface area contributed by atoms with E-state index < -0.39 is 23.8 Å². The molecular weight excluding hydrogens is 310 g/mol. The second kappa shape index (κ2) is 8.78. The molecule has 0 saturated carbocycles. The molecule has 0 spiro atoms. The fraction of sp³-hybridized carbons (Fsp3) is 0.667. The monoisotopic (exact) mass is 331 g/mol. The van der Waals surface area contributed by atoms with Crippen molar-refractivity contribution in [3.8, 4) is 0 Å². The first-order valence-electron chi connectivity index (χ1n) is 7.30. The summed E-state index contributed by atoms with van der Waals surface area (Å²) in [5.41, 5.74) is 0. The van der Waals surface area contributed by atoms with Gasteiger partial charge in [-0.1, -0.05) is 6.08 Å². The molecule has 0 aromatic rings. The Morgan fingerprint density at radius 1 is 1.36 bits per heavy atom. The molecule has 0 aromatic heterocycles. The maximum atomic E-state index is 12.5. The van der Waals surface area contributed by atoms with Gasteiger partial charge in [0.15, 0.2) is 5.92 Å². The summed E-state index contributed by atoms with van der Waals surface area (Å²) >= 11 is 5.93. The maximum Gasteiger partial charge on any atom is 0.321 e. The highest BCUT2D eigenvalue weighted by Gasteiger charge is 2.51. The van der Waals surface area contributed by atoms with E-state index in [1.54, 1.807) is 19.9 Å². The molecule has 1 saturated heterocycles. The Hall–Kier alpha value is -1.56. The number of halogens is 1. The SMILES string of the molecule is C=CCN1CC(CCl)C(C(C(=O)OCC)C(=O)OCC)C1=O. The molecule has 6 nitrogen and oxygen atoms in total. The Bertz CT molecular complexity index is 422. The molecule has 2 atom stereocenters. The number of likely N-dealkylation sites (tertiary alicyclic amines) is 1. The van der Waals surface area contributed by atoms with Gasteiger partial charge in [-0.3, -0.25) is 14.4 Å². The van der Waals surface area contributed by atoms with E-state index in [4.69, 9.17) is 21.1 Å². The average molecular weight is 332 g/mol. The zero-order valence-electron chi connectivity index (χ0n) is 12.9. The van der Waals surface area contributed by atoms with E-state index in [1.165, 1.54) is 4.90 Å². The lowest BCUT2D eigenvalue weighted by Crippen LogP contribution is -2.41. The predicted molar refractivity (Wildman–Crippen MR) is 81.2 cm³/mol. The van der Waals surface area contributed by atoms with Crippen molar-refractivity contribution in [2.45, 2.75) is 13.8 Å². The number of ether oxygens (including phenoxy) is 2. The molecule has 22 heavy (non-hydrogen) atoms. The number of alkyl halides is 1. The second-order valence-electron chi connectivity index (χ2n) is 4.95. The number of hydrogen-bond donors (Lipinski definition) is 0. The summed E-state index contributed by atoms with van der Waals surface area (Å²) in [6, 6.07) is 0. The first-order chi connectivity index (χ1) is 10.5. The first kappa shape index (κ1) is 18.5. The molecule has 0 bridgehead atoms. The summed E-state index contributed by atoms with van der Waals surface area (Å²) in [6.45, 7) is 7.85. The lowest BCUT2D eigenvalue weighted by atomic mass is 9.84. The van der Waals surface area contributed by atoms with Gasteiger partial charge < -0.3 is 14.4 Å². The average Bonchev–Trinajstić information content (AvgIpc) is 2.78. The van der Waals surface area contributed by atoms with Crippen molar-refractivity contribution in [2.24, 2.45) is 17.8 Å². The molecule has 0 aromatic carbocycles. The van der Waals surface area contributed by atoms with Gasteiger partial charge in [-0.2, -0.15) is 0 Å². The van der Waals surface area contributed by atoms with Crippen LogP contribution in [0.15, 0.2) is 12.7 Å². The number of amides is 1. The van der Waals surface area contributed by atoms with E-state index in [9.17, 15) is 14.4 Å². The zero-order chi connectivity index (χ0) is 16.7. The predicted octanol–water partition coefficient (Wildman–Crippen LogP) is 1.23. The standard InChI is InChI=1S/C15H22ClNO5/c1-4-7-17-9-10(8-16)11(13(17)18)12(14(19)21-5-2)15(20)22-6-3/h4,10-12H,1,5-9H2,2-3H3. The van der Waals surface area contributed by atoms with E-state index in [-0.39, 0.29) is 30.9 Å². The van der Waals surface area contributed by atoms with Gasteiger partial charge in [-0.05, 0) is 13.8 Å². The third-order valence-electron chi connectivity index (χ3n) is 3.55. The van der Waals surface area contributed by atoms with Crippen LogP contribution >= 0.6 is 11.6 Å². The first-order valence-corrected chi connectivity index (χ1v) is 7.84. The van der Waals surface area contributed by atoms with Crippen molar-refractivity contribution in [1.82, 2.24) is 4.90 Å². The Morgan fingerprint density at radius 3 is 2.32 bits per heavy atom. The molecule has 124 valence electrons. The maximum absolute atomic E-state index is 12.5. The van der Waals surface area contributed by atoms with Crippen LogP contribution in [0, 0.1) is 17.8 Å². The third-order valence-corrected chi connectivity index (χ3v) is 3.94. The molecule has 0 N–H and O–H groups in total. The summed E-state index contributed by atoms with van der Waals surface area (Å²) in [4.78, 5) is 38.4. The summed E-state index contributed by atoms with van der Waals surface area (Å²) in [5.74, 6) is -4.05. The number of carbonyl (C=O) groups excluding carboxylic acids is 3. The van der Waals surface area contributed by atoms with E-state index in [0.717, 1.165) is 0 Å². The van der Waals surface area contributed by atoms with Gasteiger partial charge in [0.05, 0.1) is 19.1 Å². The molecule has 7 heteroatoms. The molecule has 2 unspecified atom stereocenters. The van der Waals surface area contributed by atoms with E-state index >= 15 is 0 Å². The Kier molecular flexibility index (Phi) is 7.38. The molecule has 1 fully saturated rings. The van der Waals surface area contributed by atoms with Gasteiger partial charge in [0.1, 0.15) is 0 Å². The minimum Gasteiger partial charge on any atom is -0.465 e. The molecule has 1 aliphatic heterocycles. The summed E-state index contributed by atoms with van der Waals surface area (Å²) in [5, 5.41) is 0.